The lowest BCUT2D eigenvalue weighted by Gasteiger charge is -2.08. The Hall–Kier alpha value is -2.61. The van der Waals surface area contributed by atoms with Gasteiger partial charge >= 0.3 is 0 Å². The first kappa shape index (κ1) is 20.1. The summed E-state index contributed by atoms with van der Waals surface area (Å²) in [6.07, 6.45) is 1.66. The van der Waals surface area contributed by atoms with Gasteiger partial charge in [0.15, 0.2) is 5.13 Å². The summed E-state index contributed by atoms with van der Waals surface area (Å²) in [5.41, 5.74) is 10.2. The molecule has 0 unspecified atom stereocenters. The fraction of sp³-hybridized carbons (Fsp3) is 0.105. The van der Waals surface area contributed by atoms with E-state index in [1.54, 1.807) is 23.6 Å². The molecule has 1 amide bonds. The van der Waals surface area contributed by atoms with E-state index >= 15 is 0 Å². The molecular weight excluding hydrogens is 419 g/mol. The van der Waals surface area contributed by atoms with Crippen molar-refractivity contribution in [2.75, 3.05) is 5.73 Å². The van der Waals surface area contributed by atoms with Crippen molar-refractivity contribution >= 4 is 51.8 Å². The minimum absolute atomic E-state index is 0.121. The summed E-state index contributed by atoms with van der Waals surface area (Å²) in [6, 6.07) is 12.6. The van der Waals surface area contributed by atoms with Crippen LogP contribution in [0.5, 0.6) is 5.75 Å². The van der Waals surface area contributed by atoms with Crippen LogP contribution in [0.25, 0.3) is 0 Å². The van der Waals surface area contributed by atoms with E-state index in [1.807, 2.05) is 24.3 Å². The molecule has 0 saturated carbocycles. The van der Waals surface area contributed by atoms with Crippen LogP contribution in [0, 0.1) is 0 Å². The van der Waals surface area contributed by atoms with Crippen LogP contribution in [-0.4, -0.2) is 17.1 Å². The van der Waals surface area contributed by atoms with Crippen molar-refractivity contribution in [2.45, 2.75) is 13.0 Å². The van der Waals surface area contributed by atoms with E-state index in [0.717, 1.165) is 11.1 Å². The van der Waals surface area contributed by atoms with E-state index in [0.29, 0.717) is 33.2 Å². The van der Waals surface area contributed by atoms with Crippen molar-refractivity contribution in [3.63, 3.8) is 0 Å². The molecule has 9 heteroatoms. The number of nitrogen functional groups attached to an aromatic ring is 1. The number of hydrazone groups is 1. The lowest BCUT2D eigenvalue weighted by Crippen LogP contribution is -2.19. The van der Waals surface area contributed by atoms with Gasteiger partial charge in [0.25, 0.3) is 0 Å². The molecule has 0 aliphatic carbocycles. The van der Waals surface area contributed by atoms with Crippen molar-refractivity contribution in [1.82, 2.24) is 10.4 Å². The summed E-state index contributed by atoms with van der Waals surface area (Å²) < 4.78 is 5.77. The van der Waals surface area contributed by atoms with E-state index in [4.69, 9.17) is 33.7 Å². The normalized spacial score (nSPS) is 10.9. The summed E-state index contributed by atoms with van der Waals surface area (Å²) in [5.74, 6) is 0.380. The number of hydrogen-bond donors (Lipinski definition) is 2. The van der Waals surface area contributed by atoms with Gasteiger partial charge in [-0.1, -0.05) is 41.4 Å². The quantitative estimate of drug-likeness (QED) is 0.428. The molecule has 2 aromatic carbocycles. The second-order valence-corrected chi connectivity index (χ2v) is 7.48. The van der Waals surface area contributed by atoms with Crippen molar-refractivity contribution in [1.29, 1.82) is 0 Å². The van der Waals surface area contributed by atoms with Crippen LogP contribution < -0.4 is 15.9 Å². The van der Waals surface area contributed by atoms with Gasteiger partial charge in [0, 0.05) is 21.0 Å². The minimum atomic E-state index is -0.272. The Kier molecular flexibility index (Phi) is 6.86. The van der Waals surface area contributed by atoms with Gasteiger partial charge in [-0.15, -0.1) is 11.3 Å². The molecular formula is C19H16Cl2N4O2S. The van der Waals surface area contributed by atoms with Crippen LogP contribution in [0.2, 0.25) is 10.0 Å². The van der Waals surface area contributed by atoms with Gasteiger partial charge in [-0.2, -0.15) is 5.10 Å². The van der Waals surface area contributed by atoms with Crippen LogP contribution >= 0.6 is 34.5 Å². The maximum atomic E-state index is 11.8. The second-order valence-electron chi connectivity index (χ2n) is 5.74. The average molecular weight is 435 g/mol. The molecule has 144 valence electrons. The lowest BCUT2D eigenvalue weighted by molar-refractivity contribution is -0.120. The van der Waals surface area contributed by atoms with E-state index in [2.05, 4.69) is 15.5 Å². The number of anilines is 1. The van der Waals surface area contributed by atoms with Crippen molar-refractivity contribution in [2.24, 2.45) is 5.10 Å². The smallest absolute Gasteiger partial charge is 0.246 e. The van der Waals surface area contributed by atoms with E-state index < -0.39 is 0 Å². The highest BCUT2D eigenvalue weighted by molar-refractivity contribution is 7.13. The Morgan fingerprint density at radius 1 is 1.29 bits per heavy atom. The van der Waals surface area contributed by atoms with Gasteiger partial charge in [-0.05, 0) is 29.8 Å². The summed E-state index contributed by atoms with van der Waals surface area (Å²) >= 11 is 13.3. The molecule has 3 N–H and O–H groups in total. The zero-order valence-electron chi connectivity index (χ0n) is 14.6. The monoisotopic (exact) mass is 434 g/mol. The van der Waals surface area contributed by atoms with E-state index in [1.165, 1.54) is 17.6 Å². The van der Waals surface area contributed by atoms with Gasteiger partial charge in [0.2, 0.25) is 5.91 Å². The number of thiazole rings is 1. The molecule has 0 radical (unpaired) electrons. The molecule has 0 saturated heterocycles. The van der Waals surface area contributed by atoms with Crippen LogP contribution in [0.15, 0.2) is 52.9 Å². The average Bonchev–Trinajstić information content (AvgIpc) is 3.06. The summed E-state index contributed by atoms with van der Waals surface area (Å²) in [4.78, 5) is 15.9. The third-order valence-electron chi connectivity index (χ3n) is 3.58. The molecule has 1 aromatic heterocycles. The van der Waals surface area contributed by atoms with E-state index in [-0.39, 0.29) is 12.3 Å². The maximum absolute atomic E-state index is 11.8. The molecule has 0 aliphatic heterocycles. The van der Waals surface area contributed by atoms with Crippen molar-refractivity contribution in [3.05, 3.63) is 74.7 Å². The first-order valence-corrected chi connectivity index (χ1v) is 9.82. The first-order chi connectivity index (χ1) is 13.5. The number of halogens is 2. The Morgan fingerprint density at radius 2 is 2.14 bits per heavy atom. The number of nitrogens with zero attached hydrogens (tertiary/aromatic N) is 2. The highest BCUT2D eigenvalue weighted by Crippen LogP contribution is 2.23. The van der Waals surface area contributed by atoms with Crippen molar-refractivity contribution in [3.8, 4) is 5.75 Å². The topological polar surface area (TPSA) is 89.6 Å². The fourth-order valence-corrected chi connectivity index (χ4v) is 3.30. The molecule has 6 nitrogen and oxygen atoms in total. The Labute approximate surface area is 176 Å². The maximum Gasteiger partial charge on any atom is 0.246 e. The number of hydrogen-bond acceptors (Lipinski definition) is 6. The molecule has 0 fully saturated rings. The number of nitrogens with one attached hydrogen (secondary N) is 1. The number of aromatic nitrogens is 1. The molecule has 0 atom stereocenters. The second kappa shape index (κ2) is 9.54. The van der Waals surface area contributed by atoms with Gasteiger partial charge < -0.3 is 10.5 Å². The summed E-state index contributed by atoms with van der Waals surface area (Å²) in [7, 11) is 0. The number of carbonyl (C=O) groups excluding carboxylic acids is 1. The highest BCUT2D eigenvalue weighted by Gasteiger charge is 2.06. The summed E-state index contributed by atoms with van der Waals surface area (Å²) in [6.45, 7) is 0.310. The third-order valence-corrected chi connectivity index (χ3v) is 4.89. The van der Waals surface area contributed by atoms with Gasteiger partial charge in [0.1, 0.15) is 12.4 Å². The Balaban J connectivity index is 1.53. The zero-order valence-corrected chi connectivity index (χ0v) is 16.9. The number of carbonyl (C=O) groups is 1. The molecule has 0 aliphatic rings. The first-order valence-electron chi connectivity index (χ1n) is 8.18. The third kappa shape index (κ3) is 5.95. The molecule has 28 heavy (non-hydrogen) atoms. The number of amides is 1. The SMILES string of the molecule is Nc1nc(CC(=O)N/N=C/c2cccc(OCc3ccc(Cl)cc3Cl)c2)cs1. The van der Waals surface area contributed by atoms with Gasteiger partial charge in [0.05, 0.1) is 18.3 Å². The molecule has 3 aromatic rings. The Bertz CT molecular complexity index is 1010. The number of nitrogens with two attached hydrogens (primary N) is 1. The number of benzene rings is 2. The number of rotatable bonds is 7. The van der Waals surface area contributed by atoms with Crippen LogP contribution in [-0.2, 0) is 17.8 Å². The fourth-order valence-electron chi connectivity index (χ4n) is 2.27. The summed E-state index contributed by atoms with van der Waals surface area (Å²) in [5, 5.41) is 7.26. The molecule has 1 heterocycles. The van der Waals surface area contributed by atoms with Gasteiger partial charge in [-0.25, -0.2) is 10.4 Å². The van der Waals surface area contributed by atoms with Gasteiger partial charge in [-0.3, -0.25) is 4.79 Å². The predicted molar refractivity (Wildman–Crippen MR) is 113 cm³/mol. The van der Waals surface area contributed by atoms with Crippen LogP contribution in [0.1, 0.15) is 16.8 Å². The van der Waals surface area contributed by atoms with Crippen LogP contribution in [0.3, 0.4) is 0 Å². The van der Waals surface area contributed by atoms with Crippen molar-refractivity contribution < 1.29 is 9.53 Å². The Morgan fingerprint density at radius 3 is 2.89 bits per heavy atom. The predicted octanol–water partition coefficient (Wildman–Crippen LogP) is 4.30. The largest absolute Gasteiger partial charge is 0.489 e. The number of ether oxygens (including phenoxy) is 1. The van der Waals surface area contributed by atoms with E-state index in [9.17, 15) is 4.79 Å². The molecule has 3 rings (SSSR count). The standard InChI is InChI=1S/C19H16Cl2N4O2S/c20-14-5-4-13(17(21)7-14)10-27-16-3-1-2-12(6-16)9-23-25-18(26)8-15-11-28-19(22)24-15/h1-7,9,11H,8,10H2,(H2,22,24)(H,25,26)/b23-9+. The highest BCUT2D eigenvalue weighted by atomic mass is 35.5. The lowest BCUT2D eigenvalue weighted by atomic mass is 10.2. The van der Waals surface area contributed by atoms with Crippen LogP contribution in [0.4, 0.5) is 5.13 Å². The zero-order chi connectivity index (χ0) is 19.9. The minimum Gasteiger partial charge on any atom is -0.489 e. The molecule has 0 bridgehead atoms. The molecule has 0 spiro atoms.